The molecule has 2 aliphatic carbocycles. The molecule has 15 heavy (non-hydrogen) atoms. The van der Waals surface area contributed by atoms with E-state index in [1.54, 1.807) is 0 Å². The van der Waals surface area contributed by atoms with Gasteiger partial charge in [-0.2, -0.15) is 8.78 Å². The SMILES string of the molecule is COC(=O)C1CC2(CC(OC(F)F)C2)C1. The molecule has 0 N–H and O–H groups in total. The molecule has 0 aromatic carbocycles. The van der Waals surface area contributed by atoms with E-state index in [1.165, 1.54) is 7.11 Å². The zero-order valence-electron chi connectivity index (χ0n) is 8.54. The Labute approximate surface area is 86.7 Å². The molecule has 0 unspecified atom stereocenters. The van der Waals surface area contributed by atoms with Crippen molar-refractivity contribution in [1.82, 2.24) is 0 Å². The van der Waals surface area contributed by atoms with E-state index >= 15 is 0 Å². The lowest BCUT2D eigenvalue weighted by Crippen LogP contribution is -2.53. The number of rotatable bonds is 3. The van der Waals surface area contributed by atoms with Crippen molar-refractivity contribution in [2.45, 2.75) is 38.4 Å². The smallest absolute Gasteiger partial charge is 0.345 e. The van der Waals surface area contributed by atoms with Gasteiger partial charge in [0.2, 0.25) is 0 Å². The molecule has 3 nitrogen and oxygen atoms in total. The monoisotopic (exact) mass is 220 g/mol. The topological polar surface area (TPSA) is 35.5 Å². The molecule has 86 valence electrons. The first-order chi connectivity index (χ1) is 7.04. The minimum absolute atomic E-state index is 0.0255. The normalized spacial score (nSPS) is 38.7. The molecule has 0 aromatic rings. The van der Waals surface area contributed by atoms with E-state index in [4.69, 9.17) is 0 Å². The number of halogens is 2. The highest BCUT2D eigenvalue weighted by Gasteiger charge is 2.56. The Morgan fingerprint density at radius 2 is 1.93 bits per heavy atom. The maximum absolute atomic E-state index is 11.8. The summed E-state index contributed by atoms with van der Waals surface area (Å²) in [6.07, 6.45) is 2.53. The lowest BCUT2D eigenvalue weighted by atomic mass is 9.50. The summed E-state index contributed by atoms with van der Waals surface area (Å²) in [7, 11) is 1.37. The van der Waals surface area contributed by atoms with E-state index in [9.17, 15) is 13.6 Å². The van der Waals surface area contributed by atoms with Gasteiger partial charge in [0.1, 0.15) is 0 Å². The summed E-state index contributed by atoms with van der Waals surface area (Å²) in [6, 6.07) is 0. The number of esters is 1. The Morgan fingerprint density at radius 1 is 1.33 bits per heavy atom. The Hall–Kier alpha value is -0.710. The highest BCUT2D eigenvalue weighted by atomic mass is 19.3. The Bertz CT molecular complexity index is 253. The van der Waals surface area contributed by atoms with Crippen molar-refractivity contribution < 1.29 is 23.0 Å². The summed E-state index contributed by atoms with van der Waals surface area (Å²) in [5.74, 6) is -0.207. The van der Waals surface area contributed by atoms with Gasteiger partial charge in [0.25, 0.3) is 0 Å². The van der Waals surface area contributed by atoms with Gasteiger partial charge >= 0.3 is 12.6 Å². The van der Waals surface area contributed by atoms with Crippen molar-refractivity contribution in [3.8, 4) is 0 Å². The minimum Gasteiger partial charge on any atom is -0.469 e. The standard InChI is InChI=1S/C10H14F2O3/c1-14-8(13)6-2-10(3-6)4-7(5-10)15-9(11)12/h6-7,9H,2-5H2,1H3. The average molecular weight is 220 g/mol. The molecule has 0 amide bonds. The quantitative estimate of drug-likeness (QED) is 0.682. The zero-order chi connectivity index (χ0) is 11.1. The van der Waals surface area contributed by atoms with Gasteiger partial charge in [-0.05, 0) is 31.1 Å². The van der Waals surface area contributed by atoms with Gasteiger partial charge in [0.15, 0.2) is 0 Å². The molecule has 0 radical (unpaired) electrons. The van der Waals surface area contributed by atoms with E-state index in [0.29, 0.717) is 12.8 Å². The second-order valence-corrected chi connectivity index (χ2v) is 4.56. The van der Waals surface area contributed by atoms with Crippen LogP contribution in [0.4, 0.5) is 8.78 Å². The Morgan fingerprint density at radius 3 is 2.40 bits per heavy atom. The molecule has 2 saturated carbocycles. The van der Waals surface area contributed by atoms with Crippen LogP contribution in [0.1, 0.15) is 25.7 Å². The first-order valence-electron chi connectivity index (χ1n) is 5.06. The van der Waals surface area contributed by atoms with Gasteiger partial charge in [-0.15, -0.1) is 0 Å². The average Bonchev–Trinajstić information content (AvgIpc) is 2.05. The lowest BCUT2D eigenvalue weighted by Gasteiger charge is -2.56. The number of hydrogen-bond donors (Lipinski definition) is 0. The van der Waals surface area contributed by atoms with E-state index in [0.717, 1.165) is 12.8 Å². The summed E-state index contributed by atoms with van der Waals surface area (Å²) < 4.78 is 32.7. The van der Waals surface area contributed by atoms with Crippen LogP contribution in [-0.2, 0) is 14.3 Å². The van der Waals surface area contributed by atoms with Gasteiger partial charge in [0.05, 0.1) is 19.1 Å². The van der Waals surface area contributed by atoms with Gasteiger partial charge in [-0.3, -0.25) is 4.79 Å². The third-order valence-electron chi connectivity index (χ3n) is 3.51. The molecule has 2 fully saturated rings. The van der Waals surface area contributed by atoms with Crippen LogP contribution in [0.5, 0.6) is 0 Å². The van der Waals surface area contributed by atoms with Crippen molar-refractivity contribution >= 4 is 5.97 Å². The van der Waals surface area contributed by atoms with E-state index in [1.807, 2.05) is 0 Å². The minimum atomic E-state index is -2.68. The fourth-order valence-electron chi connectivity index (χ4n) is 2.80. The number of alkyl halides is 2. The van der Waals surface area contributed by atoms with Crippen molar-refractivity contribution in [3.63, 3.8) is 0 Å². The molecule has 0 aliphatic heterocycles. The Kier molecular flexibility index (Phi) is 2.66. The summed E-state index contributed by atoms with van der Waals surface area (Å²) in [5.41, 5.74) is 0.0956. The maximum Gasteiger partial charge on any atom is 0.345 e. The van der Waals surface area contributed by atoms with Crippen LogP contribution in [0.25, 0.3) is 0 Å². The van der Waals surface area contributed by atoms with Gasteiger partial charge in [0, 0.05) is 0 Å². The second-order valence-electron chi connectivity index (χ2n) is 4.56. The van der Waals surface area contributed by atoms with Gasteiger partial charge < -0.3 is 9.47 Å². The van der Waals surface area contributed by atoms with Crippen LogP contribution < -0.4 is 0 Å². The van der Waals surface area contributed by atoms with Crippen molar-refractivity contribution in [3.05, 3.63) is 0 Å². The molecule has 0 heterocycles. The lowest BCUT2D eigenvalue weighted by molar-refractivity contribution is -0.228. The van der Waals surface area contributed by atoms with Crippen molar-refractivity contribution in [1.29, 1.82) is 0 Å². The third-order valence-corrected chi connectivity index (χ3v) is 3.51. The molecular formula is C10H14F2O3. The van der Waals surface area contributed by atoms with Crippen LogP contribution in [-0.4, -0.2) is 25.8 Å². The zero-order valence-corrected chi connectivity index (χ0v) is 8.54. The van der Waals surface area contributed by atoms with Crippen LogP contribution >= 0.6 is 0 Å². The van der Waals surface area contributed by atoms with Gasteiger partial charge in [-0.1, -0.05) is 0 Å². The van der Waals surface area contributed by atoms with Gasteiger partial charge in [-0.25, -0.2) is 0 Å². The number of carbonyl (C=O) groups is 1. The summed E-state index contributed by atoms with van der Waals surface area (Å²) in [5, 5.41) is 0. The molecule has 2 rings (SSSR count). The van der Waals surface area contributed by atoms with Crippen molar-refractivity contribution in [2.75, 3.05) is 7.11 Å². The fraction of sp³-hybridized carbons (Fsp3) is 0.900. The predicted octanol–water partition coefficient (Wildman–Crippen LogP) is 1.96. The summed E-state index contributed by atoms with van der Waals surface area (Å²) in [4.78, 5) is 11.1. The van der Waals surface area contributed by atoms with Crippen molar-refractivity contribution in [2.24, 2.45) is 11.3 Å². The molecule has 2 aliphatic rings. The first kappa shape index (κ1) is 10.8. The maximum atomic E-state index is 11.8. The fourth-order valence-corrected chi connectivity index (χ4v) is 2.80. The summed E-state index contributed by atoms with van der Waals surface area (Å²) in [6.45, 7) is -2.68. The second kappa shape index (κ2) is 3.70. The van der Waals surface area contributed by atoms with Crippen LogP contribution in [0.2, 0.25) is 0 Å². The number of hydrogen-bond acceptors (Lipinski definition) is 3. The molecular weight excluding hydrogens is 206 g/mol. The highest BCUT2D eigenvalue weighted by molar-refractivity contribution is 5.73. The highest BCUT2D eigenvalue weighted by Crippen LogP contribution is 2.59. The molecule has 0 saturated heterocycles. The molecule has 0 atom stereocenters. The molecule has 0 aromatic heterocycles. The summed E-state index contributed by atoms with van der Waals surface area (Å²) >= 11 is 0. The molecule has 0 bridgehead atoms. The predicted molar refractivity (Wildman–Crippen MR) is 47.3 cm³/mol. The van der Waals surface area contributed by atoms with E-state index in [-0.39, 0.29) is 23.4 Å². The Balaban J connectivity index is 1.70. The third kappa shape index (κ3) is 1.97. The van der Waals surface area contributed by atoms with E-state index in [2.05, 4.69) is 9.47 Å². The van der Waals surface area contributed by atoms with Crippen LogP contribution in [0.15, 0.2) is 0 Å². The largest absolute Gasteiger partial charge is 0.469 e. The molecule has 5 heteroatoms. The number of methoxy groups -OCH3 is 1. The molecule has 1 spiro atoms. The van der Waals surface area contributed by atoms with E-state index < -0.39 is 6.61 Å². The first-order valence-corrected chi connectivity index (χ1v) is 5.06. The van der Waals surface area contributed by atoms with Crippen LogP contribution in [0, 0.1) is 11.3 Å². The number of carbonyl (C=O) groups excluding carboxylic acids is 1. The number of ether oxygens (including phenoxy) is 2. The van der Waals surface area contributed by atoms with Crippen LogP contribution in [0.3, 0.4) is 0 Å².